The van der Waals surface area contributed by atoms with E-state index in [0.29, 0.717) is 11.3 Å². The molecule has 108 valence electrons. The zero-order chi connectivity index (χ0) is 15.1. The van der Waals surface area contributed by atoms with Crippen molar-refractivity contribution in [1.29, 1.82) is 0 Å². The predicted octanol–water partition coefficient (Wildman–Crippen LogP) is -0.413. The molecule has 1 fully saturated rings. The Bertz CT molecular complexity index is 722. The predicted molar refractivity (Wildman–Crippen MR) is 69.6 cm³/mol. The first kappa shape index (κ1) is 13.4. The van der Waals surface area contributed by atoms with Crippen LogP contribution >= 0.6 is 11.8 Å². The van der Waals surface area contributed by atoms with Crippen LogP contribution in [0.4, 0.5) is 0 Å². The number of hydrogen-bond donors (Lipinski definition) is 2. The lowest BCUT2D eigenvalue weighted by Gasteiger charge is -2.36. The fourth-order valence-corrected chi connectivity index (χ4v) is 3.14. The average Bonchev–Trinajstić information content (AvgIpc) is 2.99. The molecule has 1 aromatic rings. The van der Waals surface area contributed by atoms with Crippen molar-refractivity contribution >= 4 is 35.7 Å². The van der Waals surface area contributed by atoms with E-state index in [0.717, 1.165) is 4.68 Å². The van der Waals surface area contributed by atoms with Gasteiger partial charge in [-0.3, -0.25) is 14.5 Å². The Morgan fingerprint density at radius 3 is 2.86 bits per heavy atom. The summed E-state index contributed by atoms with van der Waals surface area (Å²) in [6.45, 7) is -0.320. The summed E-state index contributed by atoms with van der Waals surface area (Å²) in [5, 5.41) is 26.0. The molecule has 10 heteroatoms. The fraction of sp³-hybridized carbons (Fsp3) is 0.182. The van der Waals surface area contributed by atoms with Crippen molar-refractivity contribution in [1.82, 2.24) is 19.9 Å². The first-order valence-electron chi connectivity index (χ1n) is 5.73. The van der Waals surface area contributed by atoms with Gasteiger partial charge in [-0.15, -0.1) is 16.9 Å². The highest BCUT2D eigenvalue weighted by atomic mass is 32.2. The number of amides is 1. The normalized spacial score (nSPS) is 22.0. The van der Waals surface area contributed by atoms with Gasteiger partial charge < -0.3 is 10.2 Å². The van der Waals surface area contributed by atoms with Crippen LogP contribution in [-0.4, -0.2) is 53.3 Å². The molecule has 0 saturated carbocycles. The van der Waals surface area contributed by atoms with E-state index in [1.54, 1.807) is 0 Å². The first-order chi connectivity index (χ1) is 9.97. The second kappa shape index (κ2) is 4.74. The number of carboxylic acid groups (broad SMARTS) is 2. The number of hydrogen-bond acceptors (Lipinski definition) is 6. The minimum atomic E-state index is -1.15. The van der Waals surface area contributed by atoms with Gasteiger partial charge in [0.2, 0.25) is 0 Å². The van der Waals surface area contributed by atoms with Gasteiger partial charge in [-0.05, 0) is 6.08 Å². The first-order valence-corrected chi connectivity index (χ1v) is 6.67. The number of thioether (sulfide) groups is 1. The Kier molecular flexibility index (Phi) is 3.01. The highest BCUT2D eigenvalue weighted by Crippen LogP contribution is 2.44. The molecule has 0 radical (unpaired) electrons. The van der Waals surface area contributed by atoms with Gasteiger partial charge in [-0.25, -0.2) is 9.48 Å². The van der Waals surface area contributed by atoms with Gasteiger partial charge in [0, 0.05) is 5.41 Å². The minimum Gasteiger partial charge on any atom is -0.480 e. The van der Waals surface area contributed by atoms with E-state index >= 15 is 0 Å². The second-order valence-electron chi connectivity index (χ2n) is 4.31. The number of nitrogens with zero attached hydrogens (tertiary/aromatic N) is 4. The quantitative estimate of drug-likeness (QED) is 0.568. The molecule has 2 N–H and O–H groups in total. The molecule has 2 aliphatic rings. The summed E-state index contributed by atoms with van der Waals surface area (Å²) < 4.78 is 1.14. The van der Waals surface area contributed by atoms with Crippen LogP contribution < -0.4 is 0 Å². The van der Waals surface area contributed by atoms with Crippen LogP contribution in [0, 0.1) is 0 Å². The zero-order valence-electron chi connectivity index (χ0n) is 10.3. The van der Waals surface area contributed by atoms with E-state index in [9.17, 15) is 14.4 Å². The maximum atomic E-state index is 11.9. The Labute approximate surface area is 121 Å². The summed E-state index contributed by atoms with van der Waals surface area (Å²) in [4.78, 5) is 34.6. The molecule has 0 aliphatic carbocycles. The van der Waals surface area contributed by atoms with Gasteiger partial charge in [0.05, 0.1) is 11.8 Å². The fourth-order valence-electron chi connectivity index (χ4n) is 2.02. The molecule has 0 spiro atoms. The number of carbonyl (C=O) groups is 3. The number of rotatable bonds is 4. The molecule has 0 aromatic carbocycles. The van der Waals surface area contributed by atoms with Gasteiger partial charge >= 0.3 is 11.9 Å². The molecule has 1 saturated heterocycles. The highest BCUT2D eigenvalue weighted by molar-refractivity contribution is 8.03. The number of carboxylic acids is 2. The maximum absolute atomic E-state index is 11.9. The van der Waals surface area contributed by atoms with Crippen molar-refractivity contribution in [3.05, 3.63) is 28.6 Å². The molecule has 21 heavy (non-hydrogen) atoms. The van der Waals surface area contributed by atoms with Gasteiger partial charge in [-0.1, -0.05) is 5.21 Å². The number of fused-ring (bicyclic) bond motifs is 1. The van der Waals surface area contributed by atoms with Crippen molar-refractivity contribution in [3.8, 4) is 0 Å². The van der Waals surface area contributed by atoms with E-state index in [1.807, 2.05) is 0 Å². The smallest absolute Gasteiger partial charge is 0.353 e. The summed E-state index contributed by atoms with van der Waals surface area (Å²) in [6.07, 6.45) is 2.89. The van der Waals surface area contributed by atoms with Gasteiger partial charge in [0.25, 0.3) is 5.91 Å². The molecule has 1 aromatic heterocycles. The molecule has 1 amide bonds. The van der Waals surface area contributed by atoms with Crippen molar-refractivity contribution in [2.45, 2.75) is 11.9 Å². The molecular formula is C11H8N4O5S. The molecule has 9 nitrogen and oxygen atoms in total. The third-order valence-corrected chi connectivity index (χ3v) is 3.99. The molecule has 3 rings (SSSR count). The van der Waals surface area contributed by atoms with Crippen LogP contribution in [0.1, 0.15) is 5.69 Å². The lowest BCUT2D eigenvalue weighted by Crippen LogP contribution is -2.51. The lowest BCUT2D eigenvalue weighted by molar-refractivity contribution is -0.141. The molecule has 3 heterocycles. The van der Waals surface area contributed by atoms with Crippen LogP contribution in [0.2, 0.25) is 0 Å². The third kappa shape index (κ3) is 2.18. The van der Waals surface area contributed by atoms with E-state index in [2.05, 4.69) is 10.3 Å². The van der Waals surface area contributed by atoms with Crippen molar-refractivity contribution in [2.24, 2.45) is 0 Å². The average molecular weight is 308 g/mol. The lowest BCUT2D eigenvalue weighted by atomic mass is 10.0. The minimum absolute atomic E-state index is 0.0401. The van der Waals surface area contributed by atoms with Crippen LogP contribution in [0.5, 0.6) is 0 Å². The Morgan fingerprint density at radius 1 is 1.43 bits per heavy atom. The summed E-state index contributed by atoms with van der Waals surface area (Å²) in [6, 6.07) is 0. The topological polar surface area (TPSA) is 126 Å². The maximum Gasteiger partial charge on any atom is 0.353 e. The van der Waals surface area contributed by atoms with E-state index in [-0.39, 0.29) is 17.6 Å². The van der Waals surface area contributed by atoms with Crippen LogP contribution in [-0.2, 0) is 20.9 Å². The van der Waals surface area contributed by atoms with Crippen LogP contribution in [0.25, 0.3) is 6.08 Å². The van der Waals surface area contributed by atoms with Crippen molar-refractivity contribution < 1.29 is 24.6 Å². The zero-order valence-corrected chi connectivity index (χ0v) is 11.1. The summed E-state index contributed by atoms with van der Waals surface area (Å²) in [5.74, 6) is -2.59. The largest absolute Gasteiger partial charge is 0.480 e. The summed E-state index contributed by atoms with van der Waals surface area (Å²) in [5.41, 5.74) is 0.722. The molecule has 1 atom stereocenters. The molecule has 2 aliphatic heterocycles. The van der Waals surface area contributed by atoms with Crippen molar-refractivity contribution in [3.63, 3.8) is 0 Å². The van der Waals surface area contributed by atoms with E-state index in [4.69, 9.17) is 10.2 Å². The standard InChI is InChI=1S/C11H8N4O5S/c16-8(17)3-14-2-5(12-13-14)1-6-9(18)15-7(11(19)20)4-21-10(6)15/h1-2,4,10H,3H2,(H,16,17)(H,19,20)/b6-1+/t10-/m1/s1. The van der Waals surface area contributed by atoms with Crippen molar-refractivity contribution in [2.75, 3.05) is 0 Å². The third-order valence-electron chi connectivity index (χ3n) is 2.91. The number of aliphatic carboxylic acids is 2. The molecule has 0 unspecified atom stereocenters. The second-order valence-corrected chi connectivity index (χ2v) is 5.26. The Hall–Kier alpha value is -2.62. The molecular weight excluding hydrogens is 300 g/mol. The summed E-state index contributed by atoms with van der Waals surface area (Å²) in [7, 11) is 0. The molecule has 0 bridgehead atoms. The monoisotopic (exact) mass is 308 g/mol. The van der Waals surface area contributed by atoms with Gasteiger partial charge in [0.15, 0.2) is 0 Å². The van der Waals surface area contributed by atoms with Gasteiger partial charge in [0.1, 0.15) is 23.3 Å². The Balaban J connectivity index is 1.78. The SMILES string of the molecule is O=C(O)Cn1cc(/C=C2\C(=O)N3C(C(=O)O)=CS[C@H]23)nn1. The van der Waals surface area contributed by atoms with Gasteiger partial charge in [-0.2, -0.15) is 0 Å². The highest BCUT2D eigenvalue weighted by Gasteiger charge is 2.49. The Morgan fingerprint density at radius 2 is 2.19 bits per heavy atom. The number of carbonyl (C=O) groups excluding carboxylic acids is 1. The summed E-state index contributed by atoms with van der Waals surface area (Å²) >= 11 is 1.22. The van der Waals surface area contributed by atoms with E-state index < -0.39 is 17.8 Å². The van der Waals surface area contributed by atoms with Crippen LogP contribution in [0.15, 0.2) is 22.9 Å². The van der Waals surface area contributed by atoms with E-state index in [1.165, 1.54) is 34.3 Å². The van der Waals surface area contributed by atoms with Crippen LogP contribution in [0.3, 0.4) is 0 Å². The number of aromatic nitrogens is 3. The number of β-lactam (4-membered cyclic amide) rings is 1.